The summed E-state index contributed by atoms with van der Waals surface area (Å²) < 4.78 is 0. The van der Waals surface area contributed by atoms with Gasteiger partial charge in [0.05, 0.1) is 0 Å². The molecule has 0 aliphatic heterocycles. The maximum atomic E-state index is 1.33. The smallest absolute Gasteiger partial charge is 0 e. The zero-order valence-electron chi connectivity index (χ0n) is 5.46. The van der Waals surface area contributed by atoms with E-state index in [9.17, 15) is 0 Å². The molecule has 5 aliphatic carbocycles. The molecule has 0 bridgehead atoms. The first-order chi connectivity index (χ1) is 3.00. The molecule has 0 saturated heterocycles. The van der Waals surface area contributed by atoms with Crippen LogP contribution in [0.2, 0.25) is 0 Å². The van der Waals surface area contributed by atoms with E-state index in [1.807, 2.05) is 0 Å². The summed E-state index contributed by atoms with van der Waals surface area (Å²) in [5, 5.41) is 0. The summed E-state index contributed by atoms with van der Waals surface area (Å²) in [5.74, 6) is 8.00. The minimum atomic E-state index is 0. The van der Waals surface area contributed by atoms with E-state index >= 15 is 0 Å². The van der Waals surface area contributed by atoms with Crippen molar-refractivity contribution in [3.63, 3.8) is 0 Å². The molecule has 2 radical (unpaired) electrons. The second-order valence-corrected chi connectivity index (χ2v) is 3.46. The van der Waals surface area contributed by atoms with Crippen LogP contribution in [0.1, 0.15) is 0 Å². The average molecular weight is 124 g/mol. The van der Waals surface area contributed by atoms with Gasteiger partial charge >= 0.3 is 0 Å². The third-order valence-electron chi connectivity index (χ3n) is 3.72. The van der Waals surface area contributed by atoms with Crippen molar-refractivity contribution in [2.45, 2.75) is 0 Å². The fourth-order valence-corrected chi connectivity index (χ4v) is 3.41. The molecule has 0 unspecified atom stereocenters. The van der Waals surface area contributed by atoms with Crippen LogP contribution in [0.4, 0.5) is 0 Å². The van der Waals surface area contributed by atoms with Crippen LogP contribution in [-0.4, -0.2) is 59.1 Å². The summed E-state index contributed by atoms with van der Waals surface area (Å²) in [4.78, 5) is 0. The topological polar surface area (TPSA) is 0 Å². The maximum absolute atomic E-state index is 1.33. The molecule has 0 aromatic heterocycles. The first kappa shape index (κ1) is 6.69. The number of rotatable bonds is 0. The molecule has 0 aromatic rings. The molecule has 0 spiro atoms. The average Bonchev–Trinajstić information content (AvgIpc) is 1.64. The van der Waals surface area contributed by atoms with Crippen molar-refractivity contribution in [3.05, 3.63) is 0 Å². The molecule has 5 saturated carbocycles. The Bertz CT molecular complexity index is 81.5. The standard InChI is InChI=1S/C6H6.2Na/c1-2-3(1)6-4(1)5(2)6;;/h1-6H;;. The van der Waals surface area contributed by atoms with Gasteiger partial charge in [0.1, 0.15) is 0 Å². The third kappa shape index (κ3) is 0.339. The van der Waals surface area contributed by atoms with Crippen LogP contribution in [0.25, 0.3) is 0 Å². The SMILES string of the molecule is C12C3C1C1C2C31.[Na].[Na]. The van der Waals surface area contributed by atoms with Crippen molar-refractivity contribution >= 4 is 59.1 Å². The summed E-state index contributed by atoms with van der Waals surface area (Å²) in [5.41, 5.74) is 0. The van der Waals surface area contributed by atoms with E-state index in [-0.39, 0.29) is 59.1 Å². The molecule has 0 N–H and O–H groups in total. The van der Waals surface area contributed by atoms with Crippen molar-refractivity contribution in [3.8, 4) is 0 Å². The molecular formula is C6H6Na2. The van der Waals surface area contributed by atoms with Gasteiger partial charge in [0, 0.05) is 59.1 Å². The zero-order valence-corrected chi connectivity index (χ0v) is 9.46. The number of hydrogen-bond donors (Lipinski definition) is 0. The minimum absolute atomic E-state index is 0. The normalized spacial score (nSPS) is 81.0. The van der Waals surface area contributed by atoms with Crippen molar-refractivity contribution in [1.29, 1.82) is 0 Å². The van der Waals surface area contributed by atoms with Crippen LogP contribution in [0.15, 0.2) is 0 Å². The van der Waals surface area contributed by atoms with E-state index in [0.29, 0.717) is 0 Å². The summed E-state index contributed by atoms with van der Waals surface area (Å²) in [7, 11) is 0. The van der Waals surface area contributed by atoms with Gasteiger partial charge in [0.25, 0.3) is 0 Å². The predicted molar refractivity (Wildman–Crippen MR) is 32.4 cm³/mol. The minimum Gasteiger partial charge on any atom is -0.0312 e. The molecular weight excluding hydrogens is 118 g/mol. The molecule has 0 atom stereocenters. The molecule has 5 rings (SSSR count). The fourth-order valence-electron chi connectivity index (χ4n) is 3.41. The van der Waals surface area contributed by atoms with Gasteiger partial charge < -0.3 is 0 Å². The Morgan fingerprint density at radius 1 is 0.375 bits per heavy atom. The van der Waals surface area contributed by atoms with E-state index in [1.54, 1.807) is 0 Å². The van der Waals surface area contributed by atoms with Crippen LogP contribution in [0, 0.1) is 35.5 Å². The molecule has 0 amide bonds. The van der Waals surface area contributed by atoms with E-state index in [0.717, 1.165) is 0 Å². The van der Waals surface area contributed by atoms with E-state index in [4.69, 9.17) is 0 Å². The Morgan fingerprint density at radius 2 is 0.500 bits per heavy atom. The zero-order chi connectivity index (χ0) is 3.46. The number of hydrogen-bond acceptors (Lipinski definition) is 0. The molecule has 0 nitrogen and oxygen atoms in total. The largest absolute Gasteiger partial charge is 0.0312 e. The van der Waals surface area contributed by atoms with Gasteiger partial charge in [-0.2, -0.15) is 0 Å². The van der Waals surface area contributed by atoms with Crippen molar-refractivity contribution in [2.24, 2.45) is 35.5 Å². The van der Waals surface area contributed by atoms with Crippen molar-refractivity contribution in [1.82, 2.24) is 0 Å². The first-order valence-corrected chi connectivity index (χ1v) is 3.00. The monoisotopic (exact) mass is 124 g/mol. The Labute approximate surface area is 93.4 Å². The van der Waals surface area contributed by atoms with Gasteiger partial charge in [0.15, 0.2) is 0 Å². The molecule has 8 heavy (non-hydrogen) atoms. The van der Waals surface area contributed by atoms with Gasteiger partial charge in [-0.25, -0.2) is 0 Å². The molecule has 5 fully saturated rings. The van der Waals surface area contributed by atoms with Gasteiger partial charge in [-0.05, 0) is 35.5 Å². The second kappa shape index (κ2) is 1.44. The summed E-state index contributed by atoms with van der Waals surface area (Å²) in [6.45, 7) is 0. The second-order valence-electron chi connectivity index (χ2n) is 3.46. The molecule has 2 heteroatoms. The van der Waals surface area contributed by atoms with Crippen LogP contribution in [0.5, 0.6) is 0 Å². The Morgan fingerprint density at radius 3 is 0.625 bits per heavy atom. The van der Waals surface area contributed by atoms with Crippen LogP contribution in [0.3, 0.4) is 0 Å². The summed E-state index contributed by atoms with van der Waals surface area (Å²) in [6, 6.07) is 0. The van der Waals surface area contributed by atoms with Crippen LogP contribution >= 0.6 is 0 Å². The summed E-state index contributed by atoms with van der Waals surface area (Å²) >= 11 is 0. The van der Waals surface area contributed by atoms with E-state index in [1.165, 1.54) is 35.5 Å². The van der Waals surface area contributed by atoms with Crippen molar-refractivity contribution < 1.29 is 0 Å². The van der Waals surface area contributed by atoms with Gasteiger partial charge in [0.2, 0.25) is 0 Å². The van der Waals surface area contributed by atoms with Crippen LogP contribution in [-0.2, 0) is 0 Å². The van der Waals surface area contributed by atoms with Gasteiger partial charge in [-0.3, -0.25) is 0 Å². The molecule has 0 aromatic carbocycles. The summed E-state index contributed by atoms with van der Waals surface area (Å²) in [6.07, 6.45) is 0. The van der Waals surface area contributed by atoms with Crippen LogP contribution < -0.4 is 0 Å². The van der Waals surface area contributed by atoms with E-state index in [2.05, 4.69) is 0 Å². The fraction of sp³-hybridized carbons (Fsp3) is 1.00. The Kier molecular flexibility index (Phi) is 1.20. The van der Waals surface area contributed by atoms with Gasteiger partial charge in [-0.15, -0.1) is 0 Å². The van der Waals surface area contributed by atoms with E-state index < -0.39 is 0 Å². The van der Waals surface area contributed by atoms with Crippen molar-refractivity contribution in [2.75, 3.05) is 0 Å². The third-order valence-corrected chi connectivity index (χ3v) is 3.72. The molecule has 5 aliphatic rings. The Hall–Kier alpha value is 2.00. The Balaban J connectivity index is 0.000000135. The molecule has 32 valence electrons. The maximum Gasteiger partial charge on any atom is 0 e. The van der Waals surface area contributed by atoms with Gasteiger partial charge in [-0.1, -0.05) is 0 Å². The molecule has 0 heterocycles. The first-order valence-electron chi connectivity index (χ1n) is 3.00. The quantitative estimate of drug-likeness (QED) is 0.398. The predicted octanol–water partition coefficient (Wildman–Crippen LogP) is -0.0236.